The predicted octanol–water partition coefficient (Wildman–Crippen LogP) is 4.09. The first-order valence-electron chi connectivity index (χ1n) is 10.7. The van der Waals surface area contributed by atoms with E-state index in [0.29, 0.717) is 10.8 Å². The minimum absolute atomic E-state index is 0.141. The lowest BCUT2D eigenvalue weighted by Crippen LogP contribution is -2.32. The molecule has 0 spiro atoms. The van der Waals surface area contributed by atoms with Crippen LogP contribution in [-0.2, 0) is 6.54 Å². The minimum Gasteiger partial charge on any atom is -0.320 e. The van der Waals surface area contributed by atoms with Gasteiger partial charge < -0.3 is 5.32 Å². The molecule has 1 aliphatic heterocycles. The van der Waals surface area contributed by atoms with Crippen LogP contribution in [0, 0.1) is 6.92 Å². The zero-order valence-corrected chi connectivity index (χ0v) is 19.0. The maximum Gasteiger partial charge on any atom is 0.276 e. The van der Waals surface area contributed by atoms with Crippen molar-refractivity contribution in [2.75, 3.05) is 29.9 Å². The Hall–Kier alpha value is -2.64. The Bertz CT molecular complexity index is 1170. The maximum atomic E-state index is 13.2. The Morgan fingerprint density at radius 2 is 1.84 bits per heavy atom. The van der Waals surface area contributed by atoms with Crippen molar-refractivity contribution in [2.24, 2.45) is 0 Å². The first kappa shape index (κ1) is 21.6. The monoisotopic (exact) mass is 436 g/mol. The normalized spacial score (nSPS) is 14.8. The van der Waals surface area contributed by atoms with Crippen molar-refractivity contribution in [3.8, 4) is 0 Å². The number of amides is 1. The summed E-state index contributed by atoms with van der Waals surface area (Å²) in [7, 11) is 0. The maximum absolute atomic E-state index is 13.2. The number of aryl methyl sites for hydroxylation is 1. The Balaban J connectivity index is 1.60. The molecule has 0 bridgehead atoms. The van der Waals surface area contributed by atoms with Crippen molar-refractivity contribution in [3.05, 3.63) is 69.6 Å². The average molecular weight is 437 g/mol. The molecule has 31 heavy (non-hydrogen) atoms. The Kier molecular flexibility index (Phi) is 6.43. The molecular weight excluding hydrogens is 408 g/mol. The lowest BCUT2D eigenvalue weighted by atomic mass is 10.1. The molecule has 2 heterocycles. The van der Waals surface area contributed by atoms with E-state index >= 15 is 0 Å². The van der Waals surface area contributed by atoms with E-state index in [1.165, 1.54) is 21.8 Å². The van der Waals surface area contributed by atoms with E-state index in [-0.39, 0.29) is 23.2 Å². The smallest absolute Gasteiger partial charge is 0.276 e. The van der Waals surface area contributed by atoms with Gasteiger partial charge in [-0.15, -0.1) is 0 Å². The molecule has 1 N–H and O–H groups in total. The number of rotatable bonds is 5. The molecule has 1 aliphatic rings. The number of thioether (sulfide) groups is 1. The van der Waals surface area contributed by atoms with Gasteiger partial charge in [0, 0.05) is 42.2 Å². The lowest BCUT2D eigenvalue weighted by Gasteiger charge is -2.26. The summed E-state index contributed by atoms with van der Waals surface area (Å²) < 4.78 is 1.38. The predicted molar refractivity (Wildman–Crippen MR) is 128 cm³/mol. The Labute approximate surface area is 186 Å². The second-order valence-electron chi connectivity index (χ2n) is 8.23. The van der Waals surface area contributed by atoms with Crippen molar-refractivity contribution >= 4 is 34.1 Å². The summed E-state index contributed by atoms with van der Waals surface area (Å²) in [6, 6.07) is 13.2. The molecule has 0 radical (unpaired) electrons. The van der Waals surface area contributed by atoms with Gasteiger partial charge in [0.25, 0.3) is 11.5 Å². The van der Waals surface area contributed by atoms with Crippen LogP contribution in [0.1, 0.15) is 41.5 Å². The topological polar surface area (TPSA) is 67.2 Å². The Morgan fingerprint density at radius 1 is 1.13 bits per heavy atom. The number of carbonyl (C=O) groups excluding carboxylic acids is 1. The summed E-state index contributed by atoms with van der Waals surface area (Å²) in [5.41, 5.74) is 3.10. The van der Waals surface area contributed by atoms with Gasteiger partial charge in [-0.2, -0.15) is 16.9 Å². The van der Waals surface area contributed by atoms with Crippen LogP contribution in [-0.4, -0.2) is 45.2 Å². The van der Waals surface area contributed by atoms with Crippen LogP contribution in [0.4, 0.5) is 5.69 Å². The minimum atomic E-state index is -0.311. The largest absolute Gasteiger partial charge is 0.320 e. The fraction of sp³-hybridized carbons (Fsp3) is 0.375. The zero-order valence-electron chi connectivity index (χ0n) is 18.2. The van der Waals surface area contributed by atoms with Gasteiger partial charge in [0.05, 0.1) is 11.4 Å². The zero-order chi connectivity index (χ0) is 22.0. The van der Waals surface area contributed by atoms with E-state index in [2.05, 4.69) is 27.4 Å². The van der Waals surface area contributed by atoms with Crippen LogP contribution in [0.3, 0.4) is 0 Å². The molecule has 0 aliphatic carbocycles. The highest BCUT2D eigenvalue weighted by Gasteiger charge is 2.19. The molecule has 6 nitrogen and oxygen atoms in total. The standard InChI is InChI=1S/C24H28N4O2S/c1-16(2)28-24(30)20-7-5-4-6-19(20)22(26-28)23(29)25-21-9-8-18(14-17(21)3)15-27-10-12-31-13-11-27/h4-9,14,16H,10-13,15H2,1-3H3,(H,25,29). The SMILES string of the molecule is Cc1cc(CN2CCSCC2)ccc1NC(=O)c1nn(C(C)C)c(=O)c2ccccc12. The van der Waals surface area contributed by atoms with E-state index in [0.717, 1.165) is 30.9 Å². The van der Waals surface area contributed by atoms with Gasteiger partial charge in [0.2, 0.25) is 0 Å². The number of nitrogens with one attached hydrogen (secondary N) is 1. The van der Waals surface area contributed by atoms with Gasteiger partial charge in [-0.1, -0.05) is 30.3 Å². The number of fused-ring (bicyclic) bond motifs is 1. The number of hydrogen-bond donors (Lipinski definition) is 1. The molecule has 0 atom stereocenters. The highest BCUT2D eigenvalue weighted by atomic mass is 32.2. The molecule has 1 fully saturated rings. The summed E-state index contributed by atoms with van der Waals surface area (Å²) in [5, 5.41) is 8.48. The molecule has 2 aromatic carbocycles. The van der Waals surface area contributed by atoms with Crippen LogP contribution < -0.4 is 10.9 Å². The van der Waals surface area contributed by atoms with Crippen LogP contribution in [0.25, 0.3) is 10.8 Å². The van der Waals surface area contributed by atoms with Gasteiger partial charge in [-0.25, -0.2) is 4.68 Å². The molecule has 0 unspecified atom stereocenters. The average Bonchev–Trinajstić information content (AvgIpc) is 2.76. The van der Waals surface area contributed by atoms with E-state index < -0.39 is 0 Å². The number of carbonyl (C=O) groups is 1. The number of aromatic nitrogens is 2. The van der Waals surface area contributed by atoms with Crippen molar-refractivity contribution < 1.29 is 4.79 Å². The lowest BCUT2D eigenvalue weighted by molar-refractivity contribution is 0.102. The third-order valence-corrected chi connectivity index (χ3v) is 6.52. The second-order valence-corrected chi connectivity index (χ2v) is 9.45. The van der Waals surface area contributed by atoms with Crippen molar-refractivity contribution in [1.29, 1.82) is 0 Å². The first-order valence-corrected chi connectivity index (χ1v) is 11.8. The molecule has 7 heteroatoms. The van der Waals surface area contributed by atoms with E-state index in [4.69, 9.17) is 0 Å². The summed E-state index contributed by atoms with van der Waals surface area (Å²) in [5.74, 6) is 2.06. The molecule has 1 aromatic heterocycles. The van der Waals surface area contributed by atoms with Crippen molar-refractivity contribution in [2.45, 2.75) is 33.4 Å². The number of hydrogen-bond acceptors (Lipinski definition) is 5. The van der Waals surface area contributed by atoms with Crippen LogP contribution in [0.5, 0.6) is 0 Å². The van der Waals surface area contributed by atoms with Crippen molar-refractivity contribution in [3.63, 3.8) is 0 Å². The van der Waals surface area contributed by atoms with E-state index in [1.54, 1.807) is 18.2 Å². The van der Waals surface area contributed by atoms with Crippen LogP contribution in [0.2, 0.25) is 0 Å². The van der Waals surface area contributed by atoms with Gasteiger partial charge >= 0.3 is 0 Å². The third kappa shape index (κ3) is 4.67. The molecular formula is C24H28N4O2S. The quantitative estimate of drug-likeness (QED) is 0.653. The summed E-state index contributed by atoms with van der Waals surface area (Å²) in [4.78, 5) is 28.4. The summed E-state index contributed by atoms with van der Waals surface area (Å²) in [6.45, 7) is 8.94. The number of nitrogens with zero attached hydrogens (tertiary/aromatic N) is 3. The van der Waals surface area contributed by atoms with Crippen molar-refractivity contribution in [1.82, 2.24) is 14.7 Å². The molecule has 162 valence electrons. The summed E-state index contributed by atoms with van der Waals surface area (Å²) in [6.07, 6.45) is 0. The van der Waals surface area contributed by atoms with Gasteiger partial charge in [-0.3, -0.25) is 14.5 Å². The highest BCUT2D eigenvalue weighted by Crippen LogP contribution is 2.21. The highest BCUT2D eigenvalue weighted by molar-refractivity contribution is 7.99. The fourth-order valence-electron chi connectivity index (χ4n) is 3.89. The molecule has 1 amide bonds. The van der Waals surface area contributed by atoms with E-state index in [9.17, 15) is 9.59 Å². The number of anilines is 1. The van der Waals surface area contributed by atoms with Crippen LogP contribution >= 0.6 is 11.8 Å². The van der Waals surface area contributed by atoms with Crippen LogP contribution in [0.15, 0.2) is 47.3 Å². The number of benzene rings is 2. The molecule has 4 rings (SSSR count). The van der Waals surface area contributed by atoms with Gasteiger partial charge in [-0.05, 0) is 44.0 Å². The summed E-state index contributed by atoms with van der Waals surface area (Å²) >= 11 is 2.01. The van der Waals surface area contributed by atoms with Gasteiger partial charge in [0.15, 0.2) is 5.69 Å². The fourth-order valence-corrected chi connectivity index (χ4v) is 4.87. The molecule has 1 saturated heterocycles. The molecule has 0 saturated carbocycles. The van der Waals surface area contributed by atoms with Gasteiger partial charge in [0.1, 0.15) is 0 Å². The third-order valence-electron chi connectivity index (χ3n) is 5.58. The second kappa shape index (κ2) is 9.24. The first-order chi connectivity index (χ1) is 14.9. The molecule has 3 aromatic rings. The van der Waals surface area contributed by atoms with E-state index in [1.807, 2.05) is 44.7 Å². The Morgan fingerprint density at radius 3 is 2.52 bits per heavy atom.